The fourth-order valence-corrected chi connectivity index (χ4v) is 2.55. The first-order valence-corrected chi connectivity index (χ1v) is 6.53. The molecule has 100 valence electrons. The van der Waals surface area contributed by atoms with Crippen molar-refractivity contribution in [2.75, 3.05) is 25.6 Å². The van der Waals surface area contributed by atoms with Gasteiger partial charge >= 0.3 is 5.69 Å². The predicted molar refractivity (Wildman–Crippen MR) is 72.1 cm³/mol. The molecule has 2 heterocycles. The molecule has 0 radical (unpaired) electrons. The summed E-state index contributed by atoms with van der Waals surface area (Å²) in [4.78, 5) is 15.5. The Hall–Kier alpha value is -0.710. The number of nitrogen functional groups attached to an aromatic ring is 1. The van der Waals surface area contributed by atoms with Crippen molar-refractivity contribution < 1.29 is 14.9 Å². The Balaban J connectivity index is 2.37. The monoisotopic (exact) mass is 367 g/mol. The van der Waals surface area contributed by atoms with Gasteiger partial charge in [0.1, 0.15) is 5.82 Å². The smallest absolute Gasteiger partial charge is 0.349 e. The summed E-state index contributed by atoms with van der Waals surface area (Å²) in [5, 5.41) is 18.5. The lowest BCUT2D eigenvalue weighted by Crippen LogP contribution is -2.35. The third-order valence-corrected chi connectivity index (χ3v) is 3.97. The van der Waals surface area contributed by atoms with Gasteiger partial charge in [-0.3, -0.25) is 4.57 Å². The molecule has 1 saturated heterocycles. The highest BCUT2D eigenvalue weighted by Crippen LogP contribution is 2.30. The molecule has 1 aliphatic rings. The van der Waals surface area contributed by atoms with Crippen molar-refractivity contribution in [1.82, 2.24) is 9.55 Å². The highest BCUT2D eigenvalue weighted by Gasteiger charge is 2.38. The van der Waals surface area contributed by atoms with Crippen molar-refractivity contribution in [3.8, 4) is 0 Å². The molecule has 0 aliphatic carbocycles. The van der Waals surface area contributed by atoms with Crippen LogP contribution in [0.4, 0.5) is 5.82 Å². The van der Waals surface area contributed by atoms with Crippen molar-refractivity contribution in [2.45, 2.75) is 12.1 Å². The van der Waals surface area contributed by atoms with Crippen LogP contribution in [0, 0.1) is 9.49 Å². The largest absolute Gasteiger partial charge is 0.396 e. The van der Waals surface area contributed by atoms with Crippen molar-refractivity contribution in [3.05, 3.63) is 20.3 Å². The highest BCUT2D eigenvalue weighted by molar-refractivity contribution is 14.1. The molecular formula is C10H14IN3O4. The maximum atomic E-state index is 11.8. The van der Waals surface area contributed by atoms with E-state index < -0.39 is 11.8 Å². The number of hydrogen-bond acceptors (Lipinski definition) is 6. The van der Waals surface area contributed by atoms with Crippen LogP contribution in [0.2, 0.25) is 0 Å². The molecule has 2 rings (SSSR count). The molecule has 0 spiro atoms. The molecule has 0 aromatic carbocycles. The van der Waals surface area contributed by atoms with Gasteiger partial charge in [0.05, 0.1) is 35.5 Å². The van der Waals surface area contributed by atoms with Crippen molar-refractivity contribution >= 4 is 28.4 Å². The van der Waals surface area contributed by atoms with Gasteiger partial charge in [0.15, 0.2) is 0 Å². The maximum absolute atomic E-state index is 11.8. The lowest BCUT2D eigenvalue weighted by atomic mass is 9.98. The predicted octanol–water partition coefficient (Wildman–Crippen LogP) is -1.03. The summed E-state index contributed by atoms with van der Waals surface area (Å²) in [6.07, 6.45) is 1.14. The van der Waals surface area contributed by atoms with Crippen LogP contribution in [-0.4, -0.2) is 45.7 Å². The molecule has 8 heteroatoms. The molecule has 0 amide bonds. The van der Waals surface area contributed by atoms with Crippen LogP contribution in [0.25, 0.3) is 0 Å². The summed E-state index contributed by atoms with van der Waals surface area (Å²) >= 11 is 1.99. The number of aliphatic hydroxyl groups is 2. The first kappa shape index (κ1) is 13.7. The van der Waals surface area contributed by atoms with Gasteiger partial charge in [-0.1, -0.05) is 0 Å². The van der Waals surface area contributed by atoms with Crippen molar-refractivity contribution in [2.24, 2.45) is 5.92 Å². The SMILES string of the molecule is Nc1nc(=O)n([C@H]2CO[C@@H](CO)[C@@H]2CO)cc1I. The van der Waals surface area contributed by atoms with E-state index >= 15 is 0 Å². The third-order valence-electron chi connectivity index (χ3n) is 3.13. The molecule has 4 N–H and O–H groups in total. The lowest BCUT2D eigenvalue weighted by Gasteiger charge is -2.21. The second-order valence-electron chi connectivity index (χ2n) is 4.13. The van der Waals surface area contributed by atoms with Gasteiger partial charge in [-0.15, -0.1) is 0 Å². The average molecular weight is 367 g/mol. The van der Waals surface area contributed by atoms with E-state index in [-0.39, 0.29) is 37.6 Å². The fraction of sp³-hybridized carbons (Fsp3) is 0.600. The minimum absolute atomic E-state index is 0.163. The Bertz CT molecular complexity index is 493. The third kappa shape index (κ3) is 2.37. The molecule has 0 unspecified atom stereocenters. The van der Waals surface area contributed by atoms with Crippen LogP contribution in [0.1, 0.15) is 6.04 Å². The average Bonchev–Trinajstić information content (AvgIpc) is 2.76. The number of hydrogen-bond donors (Lipinski definition) is 3. The van der Waals surface area contributed by atoms with Crippen LogP contribution in [-0.2, 0) is 4.74 Å². The van der Waals surface area contributed by atoms with E-state index in [4.69, 9.17) is 15.6 Å². The van der Waals surface area contributed by atoms with Crippen molar-refractivity contribution in [3.63, 3.8) is 0 Å². The molecule has 1 aromatic heterocycles. The van der Waals surface area contributed by atoms with E-state index in [2.05, 4.69) is 4.98 Å². The van der Waals surface area contributed by atoms with E-state index in [1.165, 1.54) is 4.57 Å². The Labute approximate surface area is 117 Å². The summed E-state index contributed by atoms with van der Waals surface area (Å²) in [7, 11) is 0. The topological polar surface area (TPSA) is 111 Å². The van der Waals surface area contributed by atoms with Crippen LogP contribution in [0.3, 0.4) is 0 Å². The maximum Gasteiger partial charge on any atom is 0.349 e. The van der Waals surface area contributed by atoms with Gasteiger partial charge in [-0.2, -0.15) is 4.98 Å². The number of nitrogens with two attached hydrogens (primary N) is 1. The molecule has 1 fully saturated rings. The molecule has 1 aliphatic heterocycles. The number of halogens is 1. The van der Waals surface area contributed by atoms with Gasteiger partial charge < -0.3 is 20.7 Å². The van der Waals surface area contributed by atoms with Crippen LogP contribution >= 0.6 is 22.6 Å². The molecule has 1 aromatic rings. The second kappa shape index (κ2) is 5.51. The Morgan fingerprint density at radius 2 is 2.28 bits per heavy atom. The molecular weight excluding hydrogens is 353 g/mol. The molecule has 0 saturated carbocycles. The van der Waals surface area contributed by atoms with E-state index in [0.717, 1.165) is 0 Å². The standard InChI is InChI=1S/C10H14IN3O4/c11-6-1-14(10(17)13-9(6)12)7-4-18-8(3-16)5(7)2-15/h1,5,7-8,15-16H,2-4H2,(H2,12,13,17)/t5-,7+,8+/m1/s1. The number of ether oxygens (including phenoxy) is 1. The van der Waals surface area contributed by atoms with Gasteiger partial charge in [0.2, 0.25) is 0 Å². The van der Waals surface area contributed by atoms with Gasteiger partial charge in [0.25, 0.3) is 0 Å². The zero-order valence-electron chi connectivity index (χ0n) is 9.49. The Kier molecular flexibility index (Phi) is 4.20. The minimum atomic E-state index is -0.474. The molecule has 0 bridgehead atoms. The molecule has 18 heavy (non-hydrogen) atoms. The number of nitrogens with zero attached hydrogens (tertiary/aromatic N) is 2. The lowest BCUT2D eigenvalue weighted by molar-refractivity contribution is 0.0268. The zero-order valence-corrected chi connectivity index (χ0v) is 11.6. The molecule has 7 nitrogen and oxygen atoms in total. The summed E-state index contributed by atoms with van der Waals surface area (Å²) < 4.78 is 7.44. The van der Waals surface area contributed by atoms with Crippen molar-refractivity contribution in [1.29, 1.82) is 0 Å². The van der Waals surface area contributed by atoms with E-state index in [9.17, 15) is 9.90 Å². The van der Waals surface area contributed by atoms with Crippen LogP contribution in [0.15, 0.2) is 11.0 Å². The summed E-state index contributed by atoms with van der Waals surface area (Å²) in [6, 6.07) is -0.332. The summed E-state index contributed by atoms with van der Waals surface area (Å²) in [6.45, 7) is -0.0860. The van der Waals surface area contributed by atoms with E-state index in [0.29, 0.717) is 3.57 Å². The summed E-state index contributed by atoms with van der Waals surface area (Å²) in [5.41, 5.74) is 5.08. The zero-order chi connectivity index (χ0) is 13.3. The molecule has 3 atom stereocenters. The summed E-state index contributed by atoms with van der Waals surface area (Å²) in [5.74, 6) is -0.135. The quantitative estimate of drug-likeness (QED) is 0.590. The van der Waals surface area contributed by atoms with E-state index in [1.54, 1.807) is 6.20 Å². The van der Waals surface area contributed by atoms with Gasteiger partial charge in [-0.05, 0) is 22.6 Å². The minimum Gasteiger partial charge on any atom is -0.396 e. The fourth-order valence-electron chi connectivity index (χ4n) is 2.13. The second-order valence-corrected chi connectivity index (χ2v) is 5.29. The first-order valence-electron chi connectivity index (χ1n) is 5.46. The number of anilines is 1. The van der Waals surface area contributed by atoms with Crippen LogP contribution in [0.5, 0.6) is 0 Å². The highest BCUT2D eigenvalue weighted by atomic mass is 127. The number of aromatic nitrogens is 2. The normalized spacial score (nSPS) is 27.6. The number of rotatable bonds is 3. The first-order chi connectivity index (χ1) is 8.58. The van der Waals surface area contributed by atoms with E-state index in [1.807, 2.05) is 22.6 Å². The Morgan fingerprint density at radius 3 is 2.89 bits per heavy atom. The van der Waals surface area contributed by atoms with Gasteiger partial charge in [-0.25, -0.2) is 4.79 Å². The Morgan fingerprint density at radius 1 is 1.56 bits per heavy atom. The van der Waals surface area contributed by atoms with Crippen LogP contribution < -0.4 is 11.4 Å². The number of aliphatic hydroxyl groups excluding tert-OH is 2. The van der Waals surface area contributed by atoms with Gasteiger partial charge in [0, 0.05) is 12.1 Å².